The first-order valence-electron chi connectivity index (χ1n) is 8.73. The Balaban J connectivity index is 1.69. The molecule has 1 unspecified atom stereocenters. The predicted octanol–water partition coefficient (Wildman–Crippen LogP) is 2.14. The van der Waals surface area contributed by atoms with E-state index in [-0.39, 0.29) is 25.0 Å². The lowest BCUT2D eigenvalue weighted by atomic mass is 9.93. The summed E-state index contributed by atoms with van der Waals surface area (Å²) in [6, 6.07) is 8.43. The Bertz CT molecular complexity index is 1050. The Labute approximate surface area is 167 Å². The highest BCUT2D eigenvalue weighted by molar-refractivity contribution is 5.85. The fourth-order valence-electron chi connectivity index (χ4n) is 2.81. The van der Waals surface area contributed by atoms with Gasteiger partial charge in [0.1, 0.15) is 17.6 Å². The second-order valence-electron chi connectivity index (χ2n) is 6.20. The van der Waals surface area contributed by atoms with Crippen molar-refractivity contribution in [1.82, 2.24) is 26.0 Å². The van der Waals surface area contributed by atoms with Crippen molar-refractivity contribution in [2.45, 2.75) is 18.8 Å². The minimum atomic E-state index is -1.66. The topological polar surface area (TPSA) is 118 Å². The van der Waals surface area contributed by atoms with E-state index in [1.807, 2.05) is 5.43 Å². The van der Waals surface area contributed by atoms with Crippen molar-refractivity contribution in [3.05, 3.63) is 59.4 Å². The van der Waals surface area contributed by atoms with E-state index in [1.54, 1.807) is 29.7 Å². The number of aromatic nitrogens is 3. The van der Waals surface area contributed by atoms with Crippen LogP contribution in [-0.2, 0) is 4.79 Å². The highest BCUT2D eigenvalue weighted by atomic mass is 19.2. The average Bonchev–Trinajstić information content (AvgIpc) is 3.13. The molecule has 0 saturated heterocycles. The molecule has 9 nitrogen and oxygen atoms in total. The van der Waals surface area contributed by atoms with Crippen molar-refractivity contribution in [1.29, 1.82) is 0 Å². The van der Waals surface area contributed by atoms with Crippen LogP contribution in [0.25, 0.3) is 11.0 Å². The van der Waals surface area contributed by atoms with Gasteiger partial charge in [0.15, 0.2) is 17.5 Å². The molecule has 30 heavy (non-hydrogen) atoms. The van der Waals surface area contributed by atoms with Gasteiger partial charge in [-0.3, -0.25) is 10.2 Å². The number of hydrogen-bond acceptors (Lipinski definition) is 5. The number of halogens is 3. The van der Waals surface area contributed by atoms with Crippen molar-refractivity contribution < 1.29 is 32.7 Å². The first-order valence-corrected chi connectivity index (χ1v) is 8.73. The fourth-order valence-corrected chi connectivity index (χ4v) is 2.81. The molecule has 0 aliphatic rings. The maximum absolute atomic E-state index is 13.6. The average molecular weight is 423 g/mol. The Morgan fingerprint density at radius 2 is 1.83 bits per heavy atom. The monoisotopic (exact) mass is 423 g/mol. The van der Waals surface area contributed by atoms with Gasteiger partial charge in [0.2, 0.25) is 5.91 Å². The maximum atomic E-state index is 13.6. The first-order chi connectivity index (χ1) is 14.4. The molecule has 2 amide bonds. The Hall–Kier alpha value is -3.83. The molecule has 1 heterocycles. The molecule has 3 rings (SSSR count). The number of para-hydroxylation sites is 1. The summed E-state index contributed by atoms with van der Waals surface area (Å²) < 4.78 is 40.4. The Morgan fingerprint density at radius 1 is 1.13 bits per heavy atom. The quantitative estimate of drug-likeness (QED) is 0.304. The number of carbonyl (C=O) groups excluding carboxylic acids is 1. The van der Waals surface area contributed by atoms with Gasteiger partial charge < -0.3 is 9.94 Å². The summed E-state index contributed by atoms with van der Waals surface area (Å²) in [6.45, 7) is 0.0651. The molecule has 0 aliphatic carbocycles. The molecule has 1 atom stereocenters. The zero-order chi connectivity index (χ0) is 21.7. The fraction of sp³-hybridized carbons (Fsp3) is 0.222. The smallest absolute Gasteiger partial charge is 0.423 e. The van der Waals surface area contributed by atoms with Crippen molar-refractivity contribution in [2.75, 3.05) is 6.61 Å². The Morgan fingerprint density at radius 3 is 2.53 bits per heavy atom. The molecule has 0 saturated carbocycles. The molecular formula is C18H16F3N5O4. The molecule has 3 aromatic rings. The number of hydrazine groups is 1. The molecule has 0 aliphatic heterocycles. The molecule has 0 spiro atoms. The van der Waals surface area contributed by atoms with Crippen molar-refractivity contribution in [2.24, 2.45) is 0 Å². The highest BCUT2D eigenvalue weighted by Crippen LogP contribution is 2.25. The summed E-state index contributed by atoms with van der Waals surface area (Å²) in [4.78, 5) is 29.6. The minimum absolute atomic E-state index is 0.0181. The second-order valence-corrected chi connectivity index (χ2v) is 6.20. The van der Waals surface area contributed by atoms with Crippen LogP contribution in [0.4, 0.5) is 18.0 Å². The van der Waals surface area contributed by atoms with Crippen LogP contribution in [-0.4, -0.2) is 38.9 Å². The molecule has 12 heteroatoms. The predicted molar refractivity (Wildman–Crippen MR) is 96.6 cm³/mol. The van der Waals surface area contributed by atoms with E-state index in [0.29, 0.717) is 23.2 Å². The van der Waals surface area contributed by atoms with Crippen molar-refractivity contribution in [3.8, 4) is 0 Å². The van der Waals surface area contributed by atoms with Gasteiger partial charge in [0.25, 0.3) is 0 Å². The van der Waals surface area contributed by atoms with E-state index < -0.39 is 35.4 Å². The molecule has 158 valence electrons. The molecule has 2 aromatic carbocycles. The minimum Gasteiger partial charge on any atom is -0.464 e. The third-order valence-electron chi connectivity index (χ3n) is 4.19. The number of carbonyl (C=O) groups is 2. The van der Waals surface area contributed by atoms with E-state index in [9.17, 15) is 22.8 Å². The summed E-state index contributed by atoms with van der Waals surface area (Å²) in [6.07, 6.45) is -1.29. The van der Waals surface area contributed by atoms with E-state index in [4.69, 9.17) is 9.94 Å². The molecule has 0 radical (unpaired) electrons. The molecular weight excluding hydrogens is 407 g/mol. The normalized spacial score (nSPS) is 11.8. The molecule has 0 fully saturated rings. The molecule has 1 aromatic heterocycles. The molecule has 3 N–H and O–H groups in total. The maximum Gasteiger partial charge on any atom is 0.423 e. The lowest BCUT2D eigenvalue weighted by molar-refractivity contribution is -0.123. The number of nitrogens with zero attached hydrogens (tertiary/aromatic N) is 3. The number of hydrogen-bond donors (Lipinski definition) is 3. The van der Waals surface area contributed by atoms with Gasteiger partial charge in [-0.15, -0.1) is 5.10 Å². The van der Waals surface area contributed by atoms with Gasteiger partial charge in [0, 0.05) is 0 Å². The van der Waals surface area contributed by atoms with Gasteiger partial charge >= 0.3 is 6.09 Å². The second kappa shape index (κ2) is 9.11. The summed E-state index contributed by atoms with van der Waals surface area (Å²) in [5.74, 6) is -6.62. The zero-order valence-corrected chi connectivity index (χ0v) is 15.3. The van der Waals surface area contributed by atoms with Crippen LogP contribution in [0.15, 0.2) is 36.4 Å². The number of nitrogens with one attached hydrogen (secondary N) is 2. The summed E-state index contributed by atoms with van der Waals surface area (Å²) in [5, 5.41) is 16.4. The standard InChI is InChI=1S/C18H16F3N5O4/c19-12-8-10(9-13(20)16(12)21)11(17(27)23-24-18(28)29)4-3-7-30-26-15-6-2-1-5-14(15)22-25-26/h1-2,5-6,8-9,11,24H,3-4,7H2,(H,23,27)(H,28,29). The Kier molecular flexibility index (Phi) is 6.35. The van der Waals surface area contributed by atoms with Gasteiger partial charge in [-0.25, -0.2) is 23.4 Å². The van der Waals surface area contributed by atoms with Crippen LogP contribution >= 0.6 is 0 Å². The van der Waals surface area contributed by atoms with Crippen LogP contribution in [0.2, 0.25) is 0 Å². The van der Waals surface area contributed by atoms with Gasteiger partial charge in [-0.1, -0.05) is 17.0 Å². The van der Waals surface area contributed by atoms with Gasteiger partial charge in [0.05, 0.1) is 5.92 Å². The number of carboxylic acid groups (broad SMARTS) is 1. The van der Waals surface area contributed by atoms with E-state index in [2.05, 4.69) is 10.3 Å². The third-order valence-corrected chi connectivity index (χ3v) is 4.19. The lowest BCUT2D eigenvalue weighted by Gasteiger charge is -2.17. The van der Waals surface area contributed by atoms with Crippen LogP contribution in [0.5, 0.6) is 0 Å². The molecule has 0 bridgehead atoms. The van der Waals surface area contributed by atoms with Gasteiger partial charge in [-0.2, -0.15) is 0 Å². The van der Waals surface area contributed by atoms with E-state index in [1.165, 1.54) is 4.85 Å². The SMILES string of the molecule is O=C(O)NNC(=O)C(CCCOn1nnc2ccccc21)c1cc(F)c(F)c(F)c1. The summed E-state index contributed by atoms with van der Waals surface area (Å²) >= 11 is 0. The third kappa shape index (κ3) is 4.77. The van der Waals surface area contributed by atoms with E-state index >= 15 is 0 Å². The first kappa shape index (κ1) is 20.9. The van der Waals surface area contributed by atoms with Crippen LogP contribution in [0.1, 0.15) is 24.3 Å². The van der Waals surface area contributed by atoms with Crippen LogP contribution in [0, 0.1) is 17.5 Å². The van der Waals surface area contributed by atoms with Crippen molar-refractivity contribution in [3.63, 3.8) is 0 Å². The van der Waals surface area contributed by atoms with Crippen LogP contribution in [0.3, 0.4) is 0 Å². The van der Waals surface area contributed by atoms with E-state index in [0.717, 1.165) is 0 Å². The van der Waals surface area contributed by atoms with Gasteiger partial charge in [-0.05, 0) is 47.9 Å². The number of benzene rings is 2. The lowest BCUT2D eigenvalue weighted by Crippen LogP contribution is -2.43. The summed E-state index contributed by atoms with van der Waals surface area (Å²) in [5.41, 5.74) is 4.68. The number of fused-ring (bicyclic) bond motifs is 1. The summed E-state index contributed by atoms with van der Waals surface area (Å²) in [7, 11) is 0. The van der Waals surface area contributed by atoms with Crippen molar-refractivity contribution >= 4 is 23.0 Å². The van der Waals surface area contributed by atoms with Crippen LogP contribution < -0.4 is 15.7 Å². The number of amides is 2. The zero-order valence-electron chi connectivity index (χ0n) is 15.3. The highest BCUT2D eigenvalue weighted by Gasteiger charge is 2.24. The number of rotatable bonds is 7. The largest absolute Gasteiger partial charge is 0.464 e.